The van der Waals surface area contributed by atoms with E-state index in [1.807, 2.05) is 13.8 Å². The molecule has 0 saturated heterocycles. The molecule has 0 unspecified atom stereocenters. The van der Waals surface area contributed by atoms with Gasteiger partial charge in [-0.05, 0) is 48.6 Å². The fourth-order valence-electron chi connectivity index (χ4n) is 4.23. The minimum absolute atomic E-state index is 0.0153. The molecule has 3 N–H and O–H groups in total. The van der Waals surface area contributed by atoms with Gasteiger partial charge in [-0.15, -0.1) is 0 Å². The summed E-state index contributed by atoms with van der Waals surface area (Å²) in [6.07, 6.45) is -8.21. The second-order valence-corrected chi connectivity index (χ2v) is 12.0. The van der Waals surface area contributed by atoms with Crippen LogP contribution < -0.4 is 19.5 Å². The third-order valence-electron chi connectivity index (χ3n) is 6.14. The maximum Gasteiger partial charge on any atom is 0.404 e. The number of fused-ring (bicyclic) bond motifs is 1. The Kier molecular flexibility index (Phi) is 11.1. The van der Waals surface area contributed by atoms with Gasteiger partial charge in [0.2, 0.25) is 10.0 Å². The average Bonchev–Trinajstić information content (AvgIpc) is 2.90. The summed E-state index contributed by atoms with van der Waals surface area (Å²) in [6, 6.07) is 9.45. The molecule has 2 aromatic carbocycles. The van der Waals surface area contributed by atoms with Crippen LogP contribution in [0.1, 0.15) is 32.3 Å². The van der Waals surface area contributed by atoms with Crippen LogP contribution in [-0.4, -0.2) is 80.3 Å². The van der Waals surface area contributed by atoms with E-state index in [9.17, 15) is 36.6 Å². The van der Waals surface area contributed by atoms with Gasteiger partial charge in [-0.25, -0.2) is 13.2 Å². The van der Waals surface area contributed by atoms with Crippen molar-refractivity contribution < 1.29 is 50.8 Å². The van der Waals surface area contributed by atoms with E-state index in [0.29, 0.717) is 29.4 Å². The van der Waals surface area contributed by atoms with Crippen LogP contribution >= 0.6 is 0 Å². The lowest BCUT2D eigenvalue weighted by atomic mass is 10.0. The second-order valence-electron chi connectivity index (χ2n) is 10.1. The van der Waals surface area contributed by atoms with Gasteiger partial charge in [0, 0.05) is 25.6 Å². The maximum atomic E-state index is 13.6. The SMILES string of the molecule is CC(C)CN(C[C@@H](O)[C@H](Cc1ccc(OCCCC(F)(F)F)cc1)NC(=O)O)S(=O)(=O)c1ccc2c(c1)OCCO2. The number of hydrogen-bond acceptors (Lipinski definition) is 7. The Morgan fingerprint density at radius 3 is 2.34 bits per heavy atom. The van der Waals surface area contributed by atoms with Gasteiger partial charge in [-0.1, -0.05) is 26.0 Å². The van der Waals surface area contributed by atoms with E-state index in [0.717, 1.165) is 4.31 Å². The number of hydrogen-bond donors (Lipinski definition) is 3. The Bertz CT molecular complexity index is 1260. The highest BCUT2D eigenvalue weighted by Crippen LogP contribution is 2.33. The number of aliphatic hydroxyl groups excluding tert-OH is 1. The largest absolute Gasteiger partial charge is 0.494 e. The summed E-state index contributed by atoms with van der Waals surface area (Å²) in [5, 5.41) is 22.7. The van der Waals surface area contributed by atoms with E-state index in [-0.39, 0.29) is 50.0 Å². The fourth-order valence-corrected chi connectivity index (χ4v) is 5.86. The van der Waals surface area contributed by atoms with Gasteiger partial charge in [0.05, 0.1) is 23.6 Å². The van der Waals surface area contributed by atoms with E-state index >= 15 is 0 Å². The molecule has 0 radical (unpaired) electrons. The molecule has 0 saturated carbocycles. The van der Waals surface area contributed by atoms with Gasteiger partial charge < -0.3 is 29.7 Å². The highest BCUT2D eigenvalue weighted by Gasteiger charge is 2.32. The van der Waals surface area contributed by atoms with Crippen LogP contribution in [-0.2, 0) is 16.4 Å². The monoisotopic (exact) mass is 604 g/mol. The molecule has 1 aliphatic heterocycles. The number of carboxylic acid groups (broad SMARTS) is 1. The number of nitrogens with zero attached hydrogens (tertiary/aromatic N) is 1. The number of halogens is 3. The predicted molar refractivity (Wildman–Crippen MR) is 143 cm³/mol. The average molecular weight is 605 g/mol. The van der Waals surface area contributed by atoms with Crippen LogP contribution in [0.4, 0.5) is 18.0 Å². The van der Waals surface area contributed by atoms with Crippen LogP contribution in [0.25, 0.3) is 0 Å². The fraction of sp³-hybridized carbons (Fsp3) is 0.519. The molecule has 0 bridgehead atoms. The number of carbonyl (C=O) groups is 1. The molecule has 228 valence electrons. The first kappa shape index (κ1) is 32.3. The molecule has 0 spiro atoms. The van der Waals surface area contributed by atoms with E-state index in [1.54, 1.807) is 12.1 Å². The van der Waals surface area contributed by atoms with Crippen LogP contribution in [0, 0.1) is 5.92 Å². The number of aliphatic hydroxyl groups is 1. The highest BCUT2D eigenvalue weighted by molar-refractivity contribution is 7.89. The molecular weight excluding hydrogens is 569 g/mol. The number of amides is 1. The summed E-state index contributed by atoms with van der Waals surface area (Å²) >= 11 is 0. The van der Waals surface area contributed by atoms with Gasteiger partial charge in [-0.3, -0.25) is 0 Å². The zero-order valence-corrected chi connectivity index (χ0v) is 23.6. The van der Waals surface area contributed by atoms with Crippen LogP contribution in [0.3, 0.4) is 0 Å². The Morgan fingerprint density at radius 2 is 1.73 bits per heavy atom. The van der Waals surface area contributed by atoms with Crippen molar-refractivity contribution in [3.63, 3.8) is 0 Å². The Labute approximate surface area is 237 Å². The molecule has 14 heteroatoms. The molecule has 3 rings (SSSR count). The number of benzene rings is 2. The Morgan fingerprint density at radius 1 is 1.07 bits per heavy atom. The van der Waals surface area contributed by atoms with Gasteiger partial charge >= 0.3 is 12.3 Å². The minimum atomic E-state index is -4.26. The summed E-state index contributed by atoms with van der Waals surface area (Å²) in [6.45, 7) is 3.81. The number of sulfonamides is 1. The second kappa shape index (κ2) is 14.1. The zero-order chi connectivity index (χ0) is 30.2. The predicted octanol–water partition coefficient (Wildman–Crippen LogP) is 4.07. The van der Waals surface area contributed by atoms with Crippen molar-refractivity contribution in [2.75, 3.05) is 32.9 Å². The molecule has 2 aromatic rings. The zero-order valence-electron chi connectivity index (χ0n) is 22.8. The van der Waals surface area contributed by atoms with Crippen molar-refractivity contribution in [2.45, 2.75) is 56.3 Å². The van der Waals surface area contributed by atoms with Gasteiger partial charge in [0.15, 0.2) is 11.5 Å². The number of nitrogens with one attached hydrogen (secondary N) is 1. The summed E-state index contributed by atoms with van der Waals surface area (Å²) < 4.78 is 81.5. The van der Waals surface area contributed by atoms with E-state index in [1.165, 1.54) is 30.3 Å². The number of rotatable bonds is 14. The van der Waals surface area contributed by atoms with E-state index in [2.05, 4.69) is 5.32 Å². The van der Waals surface area contributed by atoms with Gasteiger partial charge in [0.25, 0.3) is 0 Å². The lowest BCUT2D eigenvalue weighted by molar-refractivity contribution is -0.136. The molecule has 2 atom stereocenters. The molecule has 0 aliphatic carbocycles. The van der Waals surface area contributed by atoms with Crippen molar-refractivity contribution >= 4 is 16.1 Å². The molecule has 0 aromatic heterocycles. The minimum Gasteiger partial charge on any atom is -0.494 e. The third kappa shape index (κ3) is 9.97. The van der Waals surface area contributed by atoms with Crippen molar-refractivity contribution in [1.82, 2.24) is 9.62 Å². The van der Waals surface area contributed by atoms with Crippen LogP contribution in [0.2, 0.25) is 0 Å². The van der Waals surface area contributed by atoms with Crippen molar-refractivity contribution in [1.29, 1.82) is 0 Å². The number of alkyl halides is 3. The molecule has 1 amide bonds. The maximum absolute atomic E-state index is 13.6. The molecule has 41 heavy (non-hydrogen) atoms. The normalized spacial score (nSPS) is 15.0. The van der Waals surface area contributed by atoms with Crippen LogP contribution in [0.5, 0.6) is 17.2 Å². The Hall–Kier alpha value is -3.23. The summed E-state index contributed by atoms with van der Waals surface area (Å²) in [5.41, 5.74) is 0.593. The summed E-state index contributed by atoms with van der Waals surface area (Å²) in [5.74, 6) is 0.950. The van der Waals surface area contributed by atoms with Crippen molar-refractivity contribution in [2.24, 2.45) is 5.92 Å². The molecule has 1 aliphatic rings. The first-order chi connectivity index (χ1) is 19.2. The summed E-state index contributed by atoms with van der Waals surface area (Å²) in [7, 11) is -4.11. The standard InChI is InChI=1S/C27H35F3N2O8S/c1-18(2)16-32(41(36,37)21-8-9-24-25(15-21)40-13-12-39-24)17-23(33)22(31-26(34)35)14-19-4-6-20(7-5-19)38-11-3-10-27(28,29)30/h4-9,15,18,22-23,31,33H,3,10-14,16-17H2,1-2H3,(H,34,35)/t22-,23+/m0/s1. The lowest BCUT2D eigenvalue weighted by Gasteiger charge is -2.30. The van der Waals surface area contributed by atoms with Crippen LogP contribution in [0.15, 0.2) is 47.4 Å². The lowest BCUT2D eigenvalue weighted by Crippen LogP contribution is -2.50. The topological polar surface area (TPSA) is 135 Å². The molecular formula is C27H35F3N2O8S. The third-order valence-corrected chi connectivity index (χ3v) is 7.96. The quantitative estimate of drug-likeness (QED) is 0.275. The first-order valence-electron chi connectivity index (χ1n) is 13.1. The van der Waals surface area contributed by atoms with Gasteiger partial charge in [-0.2, -0.15) is 17.5 Å². The molecule has 10 nitrogen and oxygen atoms in total. The van der Waals surface area contributed by atoms with Crippen molar-refractivity contribution in [3.8, 4) is 17.2 Å². The number of ether oxygens (including phenoxy) is 3. The highest BCUT2D eigenvalue weighted by atomic mass is 32.2. The molecule has 1 heterocycles. The van der Waals surface area contributed by atoms with E-state index in [4.69, 9.17) is 14.2 Å². The summed E-state index contributed by atoms with van der Waals surface area (Å²) in [4.78, 5) is 11.5. The van der Waals surface area contributed by atoms with Gasteiger partial charge in [0.1, 0.15) is 19.0 Å². The Balaban J connectivity index is 1.72. The molecule has 0 fully saturated rings. The first-order valence-corrected chi connectivity index (χ1v) is 14.5. The van der Waals surface area contributed by atoms with E-state index < -0.39 is 40.9 Å². The smallest absolute Gasteiger partial charge is 0.404 e. The van der Waals surface area contributed by atoms with Crippen molar-refractivity contribution in [3.05, 3.63) is 48.0 Å².